The van der Waals surface area contributed by atoms with Gasteiger partial charge in [-0.3, -0.25) is 0 Å². The van der Waals surface area contributed by atoms with E-state index in [0.717, 1.165) is 5.56 Å². The van der Waals surface area contributed by atoms with Gasteiger partial charge in [-0.15, -0.1) is 0 Å². The number of aliphatic hydroxyl groups excluding tert-OH is 1. The van der Waals surface area contributed by atoms with Gasteiger partial charge in [0.2, 0.25) is 5.92 Å². The molecule has 1 aliphatic carbocycles. The predicted octanol–water partition coefficient (Wildman–Crippen LogP) is 3.42. The molecule has 1 saturated carbocycles. The van der Waals surface area contributed by atoms with Crippen molar-refractivity contribution in [3.63, 3.8) is 0 Å². The molecular weight excluding hydrogens is 222 g/mol. The van der Waals surface area contributed by atoms with Crippen LogP contribution in [0.2, 0.25) is 0 Å². The van der Waals surface area contributed by atoms with Gasteiger partial charge in [0, 0.05) is 12.8 Å². The second kappa shape index (κ2) is 5.13. The van der Waals surface area contributed by atoms with Gasteiger partial charge < -0.3 is 5.11 Å². The molecule has 0 bridgehead atoms. The van der Waals surface area contributed by atoms with Crippen molar-refractivity contribution in [1.82, 2.24) is 0 Å². The highest BCUT2D eigenvalue weighted by Crippen LogP contribution is 2.37. The summed E-state index contributed by atoms with van der Waals surface area (Å²) in [6, 6.07) is 9.70. The zero-order valence-corrected chi connectivity index (χ0v) is 9.78. The lowest BCUT2D eigenvalue weighted by Crippen LogP contribution is -2.32. The first-order valence-corrected chi connectivity index (χ1v) is 6.17. The van der Waals surface area contributed by atoms with Crippen LogP contribution < -0.4 is 0 Å². The third-order valence-corrected chi connectivity index (χ3v) is 3.59. The molecule has 0 amide bonds. The quantitative estimate of drug-likeness (QED) is 0.858. The molecular formula is C14H18F2O. The topological polar surface area (TPSA) is 20.2 Å². The second-order valence-corrected chi connectivity index (χ2v) is 4.95. The van der Waals surface area contributed by atoms with Crippen molar-refractivity contribution in [3.05, 3.63) is 35.9 Å². The molecule has 1 nitrogen and oxygen atoms in total. The van der Waals surface area contributed by atoms with Crippen molar-refractivity contribution in [1.29, 1.82) is 0 Å². The Kier molecular flexibility index (Phi) is 3.77. The zero-order valence-electron chi connectivity index (χ0n) is 9.78. The Morgan fingerprint density at radius 1 is 1.18 bits per heavy atom. The Morgan fingerprint density at radius 3 is 2.35 bits per heavy atom. The van der Waals surface area contributed by atoms with E-state index in [4.69, 9.17) is 0 Å². The highest BCUT2D eigenvalue weighted by molar-refractivity contribution is 5.15. The average molecular weight is 240 g/mol. The lowest BCUT2D eigenvalue weighted by Gasteiger charge is -2.31. The van der Waals surface area contributed by atoms with Gasteiger partial charge in [-0.1, -0.05) is 30.3 Å². The minimum absolute atomic E-state index is 0.0230. The first-order valence-electron chi connectivity index (χ1n) is 6.17. The van der Waals surface area contributed by atoms with Crippen molar-refractivity contribution in [3.8, 4) is 0 Å². The van der Waals surface area contributed by atoms with Crippen LogP contribution in [0, 0.1) is 5.92 Å². The van der Waals surface area contributed by atoms with Gasteiger partial charge in [0.1, 0.15) is 0 Å². The highest BCUT2D eigenvalue weighted by Gasteiger charge is 2.37. The van der Waals surface area contributed by atoms with Crippen LogP contribution in [0.25, 0.3) is 0 Å². The highest BCUT2D eigenvalue weighted by atomic mass is 19.3. The summed E-state index contributed by atoms with van der Waals surface area (Å²) < 4.78 is 26.0. The van der Waals surface area contributed by atoms with Gasteiger partial charge in [0.05, 0.1) is 6.10 Å². The fraction of sp³-hybridized carbons (Fsp3) is 0.571. The monoisotopic (exact) mass is 240 g/mol. The lowest BCUT2D eigenvalue weighted by molar-refractivity contribution is -0.0619. The van der Waals surface area contributed by atoms with Gasteiger partial charge in [0.25, 0.3) is 0 Å². The van der Waals surface area contributed by atoms with E-state index in [1.165, 1.54) is 0 Å². The van der Waals surface area contributed by atoms with Crippen molar-refractivity contribution in [2.75, 3.05) is 0 Å². The maximum absolute atomic E-state index is 13.0. The van der Waals surface area contributed by atoms with Gasteiger partial charge in [-0.25, -0.2) is 8.78 Å². The van der Waals surface area contributed by atoms with E-state index in [2.05, 4.69) is 0 Å². The van der Waals surface area contributed by atoms with Gasteiger partial charge in [-0.05, 0) is 30.7 Å². The summed E-state index contributed by atoms with van der Waals surface area (Å²) in [5, 5.41) is 10.1. The first kappa shape index (κ1) is 12.5. The molecule has 0 spiro atoms. The van der Waals surface area contributed by atoms with Gasteiger partial charge in [0.15, 0.2) is 0 Å². The van der Waals surface area contributed by atoms with Crippen molar-refractivity contribution < 1.29 is 13.9 Å². The Bertz CT molecular complexity index is 340. The van der Waals surface area contributed by atoms with E-state index in [9.17, 15) is 13.9 Å². The van der Waals surface area contributed by atoms with E-state index in [1.807, 2.05) is 30.3 Å². The normalized spacial score (nSPS) is 22.3. The van der Waals surface area contributed by atoms with Crippen LogP contribution in [0.3, 0.4) is 0 Å². The molecule has 2 rings (SSSR count). The standard InChI is InChI=1S/C14H18F2O/c15-14(16)8-6-12(7-9-14)13(17)10-11-4-2-1-3-5-11/h1-5,12-13,17H,6-10H2. The average Bonchev–Trinajstić information content (AvgIpc) is 2.30. The number of aliphatic hydroxyl groups is 1. The second-order valence-electron chi connectivity index (χ2n) is 4.95. The van der Waals surface area contributed by atoms with E-state index in [1.54, 1.807) is 0 Å². The summed E-state index contributed by atoms with van der Waals surface area (Å²) in [7, 11) is 0. The van der Waals surface area contributed by atoms with Crippen LogP contribution in [0.5, 0.6) is 0 Å². The van der Waals surface area contributed by atoms with Crippen LogP contribution >= 0.6 is 0 Å². The third-order valence-electron chi connectivity index (χ3n) is 3.59. The number of alkyl halides is 2. The minimum Gasteiger partial charge on any atom is -0.392 e. The van der Waals surface area contributed by atoms with Crippen molar-refractivity contribution >= 4 is 0 Å². The van der Waals surface area contributed by atoms with Gasteiger partial charge in [-0.2, -0.15) is 0 Å². The Labute approximate surface area is 100 Å². The minimum atomic E-state index is -2.51. The number of hydrogen-bond acceptors (Lipinski definition) is 1. The molecule has 0 aliphatic heterocycles. The number of benzene rings is 1. The largest absolute Gasteiger partial charge is 0.392 e. The number of rotatable bonds is 3. The molecule has 1 aliphatic rings. The van der Waals surface area contributed by atoms with Crippen LogP contribution in [0.4, 0.5) is 8.78 Å². The fourth-order valence-corrected chi connectivity index (χ4v) is 2.47. The van der Waals surface area contributed by atoms with Crippen LogP contribution in [-0.2, 0) is 6.42 Å². The van der Waals surface area contributed by atoms with Gasteiger partial charge >= 0.3 is 0 Å². The molecule has 1 atom stereocenters. The van der Waals surface area contributed by atoms with Crippen molar-refractivity contribution in [2.45, 2.75) is 44.1 Å². The maximum Gasteiger partial charge on any atom is 0.248 e. The molecule has 94 valence electrons. The summed E-state index contributed by atoms with van der Waals surface area (Å²) in [4.78, 5) is 0. The zero-order chi connectivity index (χ0) is 12.3. The molecule has 1 N–H and O–H groups in total. The third kappa shape index (κ3) is 3.50. The van der Waals surface area contributed by atoms with Crippen molar-refractivity contribution in [2.24, 2.45) is 5.92 Å². The fourth-order valence-electron chi connectivity index (χ4n) is 2.47. The van der Waals surface area contributed by atoms with E-state index in [-0.39, 0.29) is 18.8 Å². The predicted molar refractivity (Wildman–Crippen MR) is 63.1 cm³/mol. The smallest absolute Gasteiger partial charge is 0.248 e. The molecule has 17 heavy (non-hydrogen) atoms. The SMILES string of the molecule is OC(Cc1ccccc1)C1CCC(F)(F)CC1. The molecule has 1 aromatic carbocycles. The van der Waals surface area contributed by atoms with E-state index in [0.29, 0.717) is 19.3 Å². The Balaban J connectivity index is 1.87. The summed E-state index contributed by atoms with van der Waals surface area (Å²) >= 11 is 0. The summed E-state index contributed by atoms with van der Waals surface area (Å²) in [5.74, 6) is -2.49. The van der Waals surface area contributed by atoms with Crippen LogP contribution in [0.1, 0.15) is 31.2 Å². The summed E-state index contributed by atoms with van der Waals surface area (Å²) in [5.41, 5.74) is 1.07. The molecule has 3 heteroatoms. The summed E-state index contributed by atoms with van der Waals surface area (Å²) in [6.07, 6.45) is 0.778. The molecule has 0 saturated heterocycles. The van der Waals surface area contributed by atoms with Crippen LogP contribution in [-0.4, -0.2) is 17.1 Å². The van der Waals surface area contributed by atoms with Crippen LogP contribution in [0.15, 0.2) is 30.3 Å². The maximum atomic E-state index is 13.0. The lowest BCUT2D eigenvalue weighted by atomic mass is 9.81. The molecule has 1 unspecified atom stereocenters. The van der Waals surface area contributed by atoms with E-state index >= 15 is 0 Å². The molecule has 0 aromatic heterocycles. The Morgan fingerprint density at radius 2 is 1.76 bits per heavy atom. The molecule has 0 heterocycles. The summed E-state index contributed by atoms with van der Waals surface area (Å²) in [6.45, 7) is 0. The first-order chi connectivity index (χ1) is 8.07. The molecule has 1 aromatic rings. The molecule has 1 fully saturated rings. The molecule has 0 radical (unpaired) electrons. The Hall–Kier alpha value is -0.960. The number of halogens is 2. The van der Waals surface area contributed by atoms with E-state index < -0.39 is 12.0 Å². The number of hydrogen-bond donors (Lipinski definition) is 1.